The van der Waals surface area contributed by atoms with E-state index in [-0.39, 0.29) is 0 Å². The lowest BCUT2D eigenvalue weighted by molar-refractivity contribution is 0.0846. The van der Waals surface area contributed by atoms with E-state index in [4.69, 9.17) is 9.47 Å². The normalized spacial score (nSPS) is 10.3. The Morgan fingerprint density at radius 1 is 1.04 bits per heavy atom. The Morgan fingerprint density at radius 2 is 1.64 bits per heavy atom. The second-order valence-corrected chi connectivity index (χ2v) is 7.24. The van der Waals surface area contributed by atoms with Crippen molar-refractivity contribution in [2.24, 2.45) is 5.92 Å². The molecule has 0 saturated heterocycles. The van der Waals surface area contributed by atoms with E-state index in [9.17, 15) is 9.59 Å². The molecular formula is C21H23BrN2O4. The topological polar surface area (TPSA) is 76.7 Å². The average Bonchev–Trinajstić information content (AvgIpc) is 2.69. The van der Waals surface area contributed by atoms with E-state index < -0.39 is 11.8 Å². The van der Waals surface area contributed by atoms with Crippen LogP contribution in [0.5, 0.6) is 11.5 Å². The van der Waals surface area contributed by atoms with Gasteiger partial charge in [-0.25, -0.2) is 0 Å². The van der Waals surface area contributed by atoms with Crippen LogP contribution >= 0.6 is 15.9 Å². The first-order chi connectivity index (χ1) is 13.4. The van der Waals surface area contributed by atoms with Crippen LogP contribution in [0.3, 0.4) is 0 Å². The second-order valence-electron chi connectivity index (χ2n) is 6.38. The van der Waals surface area contributed by atoms with Gasteiger partial charge in [0.05, 0.1) is 11.1 Å². The lowest BCUT2D eigenvalue weighted by Gasteiger charge is -2.12. The number of hydrazine groups is 1. The summed E-state index contributed by atoms with van der Waals surface area (Å²) in [5.74, 6) is 0.820. The van der Waals surface area contributed by atoms with E-state index in [1.807, 2.05) is 0 Å². The van der Waals surface area contributed by atoms with Crippen LogP contribution in [0.15, 0.2) is 59.6 Å². The molecule has 0 aromatic heterocycles. The van der Waals surface area contributed by atoms with Crippen molar-refractivity contribution in [2.75, 3.05) is 13.2 Å². The van der Waals surface area contributed by atoms with Crippen LogP contribution in [0, 0.1) is 5.92 Å². The summed E-state index contributed by atoms with van der Waals surface area (Å²) >= 11 is 3.40. The maximum atomic E-state index is 12.3. The first-order valence-electron chi connectivity index (χ1n) is 8.77. The molecule has 0 bridgehead atoms. The Bertz CT molecular complexity index is 835. The van der Waals surface area contributed by atoms with Crippen LogP contribution in [0.2, 0.25) is 0 Å². The highest BCUT2D eigenvalue weighted by Gasteiger charge is 2.12. The largest absolute Gasteiger partial charge is 0.492 e. The summed E-state index contributed by atoms with van der Waals surface area (Å²) in [5.41, 5.74) is 5.57. The monoisotopic (exact) mass is 446 g/mol. The standard InChI is InChI=1S/C21H23BrN2O4/c1-4-11-27-17-8-5-15(6-9-17)20(25)23-24-21(26)16-7-10-19(18(22)12-16)28-13-14(2)3/h4-10,12,14H,1,11,13H2,2-3H3,(H,23,25)(H,24,26). The van der Waals surface area contributed by atoms with Crippen molar-refractivity contribution < 1.29 is 19.1 Å². The lowest BCUT2D eigenvalue weighted by Crippen LogP contribution is -2.41. The molecule has 0 aliphatic heterocycles. The van der Waals surface area contributed by atoms with Crippen molar-refractivity contribution in [3.63, 3.8) is 0 Å². The molecule has 0 saturated carbocycles. The zero-order valence-electron chi connectivity index (χ0n) is 15.8. The number of carbonyl (C=O) groups is 2. The lowest BCUT2D eigenvalue weighted by atomic mass is 10.2. The molecule has 0 heterocycles. The van der Waals surface area contributed by atoms with E-state index in [2.05, 4.69) is 47.2 Å². The third-order valence-electron chi connectivity index (χ3n) is 3.54. The van der Waals surface area contributed by atoms with E-state index >= 15 is 0 Å². The highest BCUT2D eigenvalue weighted by molar-refractivity contribution is 9.10. The maximum Gasteiger partial charge on any atom is 0.269 e. The third kappa shape index (κ3) is 6.42. The molecule has 2 aromatic carbocycles. The van der Waals surface area contributed by atoms with Gasteiger partial charge in [-0.15, -0.1) is 0 Å². The number of amides is 2. The molecule has 148 valence electrons. The number of nitrogens with one attached hydrogen (secondary N) is 2. The highest BCUT2D eigenvalue weighted by atomic mass is 79.9. The molecule has 0 atom stereocenters. The smallest absolute Gasteiger partial charge is 0.269 e. The number of carbonyl (C=O) groups excluding carboxylic acids is 2. The number of benzene rings is 2. The molecule has 2 aromatic rings. The van der Waals surface area contributed by atoms with Gasteiger partial charge in [0.1, 0.15) is 18.1 Å². The SMILES string of the molecule is C=CCOc1ccc(C(=O)NNC(=O)c2ccc(OCC(C)C)c(Br)c2)cc1. The molecule has 0 fully saturated rings. The Kier molecular flexibility index (Phi) is 8.07. The summed E-state index contributed by atoms with van der Waals surface area (Å²) in [5, 5.41) is 0. The number of halogens is 1. The van der Waals surface area contributed by atoms with Gasteiger partial charge in [-0.3, -0.25) is 20.4 Å². The van der Waals surface area contributed by atoms with Gasteiger partial charge in [-0.05, 0) is 64.3 Å². The van der Waals surface area contributed by atoms with Crippen LogP contribution in [0.1, 0.15) is 34.6 Å². The average molecular weight is 447 g/mol. The number of hydrogen-bond acceptors (Lipinski definition) is 4. The molecule has 2 N–H and O–H groups in total. The van der Waals surface area contributed by atoms with Crippen LogP contribution < -0.4 is 20.3 Å². The molecule has 0 spiro atoms. The van der Waals surface area contributed by atoms with Crippen molar-refractivity contribution in [1.29, 1.82) is 0 Å². The Morgan fingerprint density at radius 3 is 2.21 bits per heavy atom. The van der Waals surface area contributed by atoms with Crippen molar-refractivity contribution >= 4 is 27.7 Å². The fourth-order valence-electron chi connectivity index (χ4n) is 2.13. The molecule has 7 heteroatoms. The van der Waals surface area contributed by atoms with Gasteiger partial charge in [-0.2, -0.15) is 0 Å². The minimum Gasteiger partial charge on any atom is -0.492 e. The molecular weight excluding hydrogens is 424 g/mol. The van der Waals surface area contributed by atoms with Gasteiger partial charge in [0.2, 0.25) is 0 Å². The van der Waals surface area contributed by atoms with Gasteiger partial charge >= 0.3 is 0 Å². The number of hydrogen-bond donors (Lipinski definition) is 2. The van der Waals surface area contributed by atoms with Crippen LogP contribution in [0.25, 0.3) is 0 Å². The predicted molar refractivity (Wildman–Crippen MR) is 112 cm³/mol. The number of rotatable bonds is 8. The molecule has 2 amide bonds. The van der Waals surface area contributed by atoms with Crippen LogP contribution in [0.4, 0.5) is 0 Å². The van der Waals surface area contributed by atoms with E-state index in [1.165, 1.54) is 0 Å². The summed E-state index contributed by atoms with van der Waals surface area (Å²) in [6.07, 6.45) is 1.64. The van der Waals surface area contributed by atoms with Crippen molar-refractivity contribution in [3.05, 3.63) is 70.7 Å². The fourth-order valence-corrected chi connectivity index (χ4v) is 2.62. The first-order valence-corrected chi connectivity index (χ1v) is 9.56. The first kappa shape index (κ1) is 21.5. The van der Waals surface area contributed by atoms with E-state index in [0.29, 0.717) is 46.2 Å². The van der Waals surface area contributed by atoms with Crippen molar-refractivity contribution in [2.45, 2.75) is 13.8 Å². The zero-order valence-corrected chi connectivity index (χ0v) is 17.4. The Labute approximate surface area is 173 Å². The Balaban J connectivity index is 1.91. The molecule has 28 heavy (non-hydrogen) atoms. The second kappa shape index (κ2) is 10.5. The zero-order chi connectivity index (χ0) is 20.5. The highest BCUT2D eigenvalue weighted by Crippen LogP contribution is 2.26. The predicted octanol–water partition coefficient (Wildman–Crippen LogP) is 4.12. The van der Waals surface area contributed by atoms with Crippen LogP contribution in [-0.4, -0.2) is 25.0 Å². The summed E-state index contributed by atoms with van der Waals surface area (Å²) < 4.78 is 11.7. The van der Waals surface area contributed by atoms with Gasteiger partial charge in [0.15, 0.2) is 0 Å². The van der Waals surface area contributed by atoms with E-state index in [1.54, 1.807) is 48.5 Å². The summed E-state index contributed by atoms with van der Waals surface area (Å²) in [7, 11) is 0. The molecule has 0 radical (unpaired) electrons. The quantitative estimate of drug-likeness (QED) is 0.472. The van der Waals surface area contributed by atoms with E-state index in [0.717, 1.165) is 0 Å². The molecule has 0 unspecified atom stereocenters. The summed E-state index contributed by atoms with van der Waals surface area (Å²) in [6.45, 7) is 8.65. The molecule has 0 aliphatic carbocycles. The van der Waals surface area contributed by atoms with Crippen molar-refractivity contribution in [1.82, 2.24) is 10.9 Å². The number of ether oxygens (including phenoxy) is 2. The molecule has 2 rings (SSSR count). The maximum absolute atomic E-state index is 12.3. The summed E-state index contributed by atoms with van der Waals surface area (Å²) in [4.78, 5) is 24.4. The van der Waals surface area contributed by atoms with Gasteiger partial charge in [0, 0.05) is 11.1 Å². The minimum atomic E-state index is -0.435. The third-order valence-corrected chi connectivity index (χ3v) is 4.16. The van der Waals surface area contributed by atoms with Crippen LogP contribution in [-0.2, 0) is 0 Å². The van der Waals surface area contributed by atoms with Crippen molar-refractivity contribution in [3.8, 4) is 11.5 Å². The van der Waals surface area contributed by atoms with Gasteiger partial charge in [-0.1, -0.05) is 26.5 Å². The van der Waals surface area contributed by atoms with Gasteiger partial charge in [0.25, 0.3) is 11.8 Å². The molecule has 6 nitrogen and oxygen atoms in total. The fraction of sp³-hybridized carbons (Fsp3) is 0.238. The Hall–Kier alpha value is -2.80. The molecule has 0 aliphatic rings. The van der Waals surface area contributed by atoms with Gasteiger partial charge < -0.3 is 9.47 Å². The summed E-state index contributed by atoms with van der Waals surface area (Å²) in [6, 6.07) is 11.6. The minimum absolute atomic E-state index is 0.386.